The van der Waals surface area contributed by atoms with E-state index in [9.17, 15) is 4.79 Å². The third-order valence-electron chi connectivity index (χ3n) is 1.35. The highest BCUT2D eigenvalue weighted by molar-refractivity contribution is 5.89. The number of methoxy groups -OCH3 is 1. The molecule has 2 heteroatoms. The highest BCUT2D eigenvalue weighted by atomic mass is 16.5. The van der Waals surface area contributed by atoms with Crippen LogP contribution in [0.5, 0.6) is 0 Å². The molecule has 0 aliphatic carbocycles. The lowest BCUT2D eigenvalue weighted by Gasteiger charge is -1.98. The molecular formula is C9H9O2. The second-order valence-corrected chi connectivity index (χ2v) is 2.19. The minimum absolute atomic E-state index is 0.324. The smallest absolute Gasteiger partial charge is 0.337 e. The van der Waals surface area contributed by atoms with Gasteiger partial charge < -0.3 is 4.74 Å². The molecule has 0 spiro atoms. The summed E-state index contributed by atoms with van der Waals surface area (Å²) in [6, 6.07) is 6.98. The summed E-state index contributed by atoms with van der Waals surface area (Å²) < 4.78 is 4.52. The first-order valence-corrected chi connectivity index (χ1v) is 3.24. The van der Waals surface area contributed by atoms with Crippen LogP contribution in [-0.2, 0) is 4.74 Å². The van der Waals surface area contributed by atoms with E-state index in [-0.39, 0.29) is 5.97 Å². The zero-order chi connectivity index (χ0) is 8.27. The van der Waals surface area contributed by atoms with Crippen LogP contribution in [-0.4, -0.2) is 13.1 Å². The molecule has 1 radical (unpaired) electrons. The quantitative estimate of drug-likeness (QED) is 0.567. The van der Waals surface area contributed by atoms with Crippen LogP contribution in [0.3, 0.4) is 0 Å². The van der Waals surface area contributed by atoms with Crippen LogP contribution >= 0.6 is 0 Å². The molecule has 0 saturated carbocycles. The van der Waals surface area contributed by atoms with E-state index in [2.05, 4.69) is 11.7 Å². The fourth-order valence-corrected chi connectivity index (χ4v) is 0.816. The minimum Gasteiger partial charge on any atom is -0.465 e. The SMILES string of the molecule is [CH2]c1cccc(C(=O)OC)c1. The van der Waals surface area contributed by atoms with Gasteiger partial charge >= 0.3 is 5.97 Å². The van der Waals surface area contributed by atoms with Gasteiger partial charge in [0, 0.05) is 0 Å². The number of carbonyl (C=O) groups excluding carboxylic acids is 1. The van der Waals surface area contributed by atoms with Crippen molar-refractivity contribution in [3.8, 4) is 0 Å². The highest BCUT2D eigenvalue weighted by Crippen LogP contribution is 2.04. The lowest BCUT2D eigenvalue weighted by molar-refractivity contribution is 0.0600. The first-order valence-electron chi connectivity index (χ1n) is 3.24. The van der Waals surface area contributed by atoms with E-state index in [0.717, 1.165) is 5.56 Å². The molecule has 0 aromatic heterocycles. The van der Waals surface area contributed by atoms with Crippen LogP contribution in [0.15, 0.2) is 24.3 Å². The highest BCUT2D eigenvalue weighted by Gasteiger charge is 2.02. The molecule has 0 atom stereocenters. The maximum Gasteiger partial charge on any atom is 0.337 e. The van der Waals surface area contributed by atoms with Gasteiger partial charge in [0.2, 0.25) is 0 Å². The lowest BCUT2D eigenvalue weighted by atomic mass is 10.1. The Morgan fingerprint density at radius 3 is 2.82 bits per heavy atom. The predicted molar refractivity (Wildman–Crippen MR) is 42.2 cm³/mol. The van der Waals surface area contributed by atoms with Gasteiger partial charge in [0.05, 0.1) is 12.7 Å². The summed E-state index contributed by atoms with van der Waals surface area (Å²) in [7, 11) is 1.36. The van der Waals surface area contributed by atoms with Crippen molar-refractivity contribution in [1.29, 1.82) is 0 Å². The number of carbonyl (C=O) groups is 1. The monoisotopic (exact) mass is 149 g/mol. The van der Waals surface area contributed by atoms with Gasteiger partial charge in [0.15, 0.2) is 0 Å². The topological polar surface area (TPSA) is 26.3 Å². The third kappa shape index (κ3) is 1.80. The Morgan fingerprint density at radius 1 is 1.55 bits per heavy atom. The van der Waals surface area contributed by atoms with Gasteiger partial charge in [-0.1, -0.05) is 12.1 Å². The van der Waals surface area contributed by atoms with Crippen LogP contribution in [0.2, 0.25) is 0 Å². The Morgan fingerprint density at radius 2 is 2.27 bits per heavy atom. The third-order valence-corrected chi connectivity index (χ3v) is 1.35. The summed E-state index contributed by atoms with van der Waals surface area (Å²) >= 11 is 0. The number of ether oxygens (including phenoxy) is 1. The van der Waals surface area contributed by atoms with Crippen molar-refractivity contribution in [3.63, 3.8) is 0 Å². The zero-order valence-electron chi connectivity index (χ0n) is 6.33. The van der Waals surface area contributed by atoms with E-state index >= 15 is 0 Å². The Labute approximate surface area is 65.8 Å². The fraction of sp³-hybridized carbons (Fsp3) is 0.111. The molecule has 57 valence electrons. The van der Waals surface area contributed by atoms with Crippen molar-refractivity contribution in [2.75, 3.05) is 7.11 Å². The molecule has 0 amide bonds. The lowest BCUT2D eigenvalue weighted by Crippen LogP contribution is -2.00. The second-order valence-electron chi connectivity index (χ2n) is 2.19. The van der Waals surface area contributed by atoms with Crippen molar-refractivity contribution in [2.45, 2.75) is 0 Å². The van der Waals surface area contributed by atoms with Gasteiger partial charge in [-0.05, 0) is 24.6 Å². The molecule has 0 N–H and O–H groups in total. The molecule has 2 nitrogen and oxygen atoms in total. The van der Waals surface area contributed by atoms with Gasteiger partial charge in [-0.15, -0.1) is 0 Å². The van der Waals surface area contributed by atoms with Crippen LogP contribution in [0.4, 0.5) is 0 Å². The van der Waals surface area contributed by atoms with Crippen molar-refractivity contribution in [1.82, 2.24) is 0 Å². The number of rotatable bonds is 1. The number of esters is 1. The summed E-state index contributed by atoms with van der Waals surface area (Å²) in [5.74, 6) is -0.324. The van der Waals surface area contributed by atoms with Crippen LogP contribution in [0.1, 0.15) is 15.9 Å². The van der Waals surface area contributed by atoms with Gasteiger partial charge in [0.25, 0.3) is 0 Å². The first kappa shape index (κ1) is 7.79. The van der Waals surface area contributed by atoms with E-state index < -0.39 is 0 Å². The van der Waals surface area contributed by atoms with Crippen molar-refractivity contribution in [3.05, 3.63) is 42.3 Å². The van der Waals surface area contributed by atoms with Gasteiger partial charge in [-0.3, -0.25) is 0 Å². The van der Waals surface area contributed by atoms with Crippen LogP contribution in [0.25, 0.3) is 0 Å². The Bertz CT molecular complexity index is 266. The van der Waals surface area contributed by atoms with Gasteiger partial charge in [0.1, 0.15) is 0 Å². The molecule has 0 bridgehead atoms. The van der Waals surface area contributed by atoms with E-state index in [1.54, 1.807) is 18.2 Å². The maximum atomic E-state index is 10.9. The fourth-order valence-electron chi connectivity index (χ4n) is 0.816. The number of hydrogen-bond acceptors (Lipinski definition) is 2. The molecule has 0 aliphatic heterocycles. The molecule has 0 unspecified atom stereocenters. The first-order chi connectivity index (χ1) is 5.24. The molecule has 0 aliphatic rings. The molecule has 0 fully saturated rings. The standard InChI is InChI=1S/C9H9O2/c1-7-4-3-5-8(6-7)9(10)11-2/h3-6H,1H2,2H3. The average molecular weight is 149 g/mol. The normalized spacial score (nSPS) is 9.27. The molecule has 1 aromatic carbocycles. The van der Waals surface area contributed by atoms with Crippen molar-refractivity contribution in [2.24, 2.45) is 0 Å². The predicted octanol–water partition coefficient (Wildman–Crippen LogP) is 1.66. The number of benzene rings is 1. The second kappa shape index (κ2) is 3.19. The van der Waals surface area contributed by atoms with Crippen molar-refractivity contribution < 1.29 is 9.53 Å². The molecule has 1 rings (SSSR count). The molecule has 0 heterocycles. The summed E-state index contributed by atoms with van der Waals surface area (Å²) in [6.07, 6.45) is 0. The van der Waals surface area contributed by atoms with E-state index in [1.807, 2.05) is 6.07 Å². The summed E-state index contributed by atoms with van der Waals surface area (Å²) in [4.78, 5) is 10.9. The molecular weight excluding hydrogens is 140 g/mol. The van der Waals surface area contributed by atoms with Gasteiger partial charge in [-0.25, -0.2) is 4.79 Å². The van der Waals surface area contributed by atoms with Gasteiger partial charge in [-0.2, -0.15) is 0 Å². The summed E-state index contributed by atoms with van der Waals surface area (Å²) in [6.45, 7) is 3.69. The van der Waals surface area contributed by atoms with E-state index in [1.165, 1.54) is 7.11 Å². The molecule has 11 heavy (non-hydrogen) atoms. The Balaban J connectivity index is 2.96. The van der Waals surface area contributed by atoms with Crippen molar-refractivity contribution >= 4 is 5.97 Å². The molecule has 1 aromatic rings. The Hall–Kier alpha value is -1.31. The molecule has 0 saturated heterocycles. The van der Waals surface area contributed by atoms with Crippen LogP contribution < -0.4 is 0 Å². The summed E-state index contributed by atoms with van der Waals surface area (Å²) in [5, 5.41) is 0. The van der Waals surface area contributed by atoms with Crippen LogP contribution in [0, 0.1) is 6.92 Å². The number of hydrogen-bond donors (Lipinski definition) is 0. The van der Waals surface area contributed by atoms with E-state index in [4.69, 9.17) is 0 Å². The summed E-state index contributed by atoms with van der Waals surface area (Å²) in [5.41, 5.74) is 1.35. The average Bonchev–Trinajstić information content (AvgIpc) is 2.03. The maximum absolute atomic E-state index is 10.9. The Kier molecular flexibility index (Phi) is 2.26. The minimum atomic E-state index is -0.324. The van der Waals surface area contributed by atoms with E-state index in [0.29, 0.717) is 5.56 Å². The zero-order valence-corrected chi connectivity index (χ0v) is 6.33. The largest absolute Gasteiger partial charge is 0.465 e.